The molecule has 1 fully saturated rings. The molecule has 24 heavy (non-hydrogen) atoms. The Kier molecular flexibility index (Phi) is 5.14. The van der Waals surface area contributed by atoms with Crippen molar-refractivity contribution in [1.29, 1.82) is 0 Å². The van der Waals surface area contributed by atoms with E-state index in [1.165, 1.54) is 18.2 Å². The maximum atomic E-state index is 13.7. The Labute approximate surface area is 145 Å². The van der Waals surface area contributed by atoms with Crippen LogP contribution in [0.4, 0.5) is 4.39 Å². The minimum Gasteiger partial charge on any atom is -0.299 e. The summed E-state index contributed by atoms with van der Waals surface area (Å²) in [7, 11) is 0. The molecule has 0 unspecified atom stereocenters. The predicted octanol–water partition coefficient (Wildman–Crippen LogP) is 4.69. The third-order valence-electron chi connectivity index (χ3n) is 4.31. The van der Waals surface area contributed by atoms with E-state index in [4.69, 9.17) is 0 Å². The van der Waals surface area contributed by atoms with Crippen molar-refractivity contribution in [2.24, 2.45) is 5.92 Å². The molecule has 4 heteroatoms. The minimum absolute atomic E-state index is 0.0137. The maximum Gasteiger partial charge on any atom is 0.170 e. The van der Waals surface area contributed by atoms with Gasteiger partial charge >= 0.3 is 0 Å². The molecule has 0 spiro atoms. The van der Waals surface area contributed by atoms with Gasteiger partial charge in [-0.3, -0.25) is 9.59 Å². The van der Waals surface area contributed by atoms with Gasteiger partial charge in [0.05, 0.1) is 6.42 Å². The van der Waals surface area contributed by atoms with Gasteiger partial charge in [-0.05, 0) is 60.9 Å². The Morgan fingerprint density at radius 1 is 1.12 bits per heavy atom. The second-order valence-electron chi connectivity index (χ2n) is 6.13. The quantitative estimate of drug-likeness (QED) is 0.416. The number of Topliss-reactive ketones (excluding diaryl/α,β-unsaturated/α-hetero) is 2. The topological polar surface area (TPSA) is 34.1 Å². The second kappa shape index (κ2) is 7.31. The summed E-state index contributed by atoms with van der Waals surface area (Å²) in [6, 6.07) is 12.1. The molecule has 2 aromatic rings. The van der Waals surface area contributed by atoms with Gasteiger partial charge in [0.25, 0.3) is 0 Å². The van der Waals surface area contributed by atoms with Crippen LogP contribution < -0.4 is 0 Å². The molecule has 2 nitrogen and oxygen atoms in total. The standard InChI is InChI=1S/C20H19FO2S/c1-24-20-5-3-2-4-14(20)10-15-11-16(21)8-9-17(15)19(23)12-18(22)13-6-7-13/h2-5,8-9,11,13H,6-7,10,12H2,1H3. The van der Waals surface area contributed by atoms with Gasteiger partial charge in [-0.1, -0.05) is 18.2 Å². The summed E-state index contributed by atoms with van der Waals surface area (Å²) in [5.41, 5.74) is 2.16. The van der Waals surface area contributed by atoms with E-state index < -0.39 is 0 Å². The van der Waals surface area contributed by atoms with E-state index in [0.29, 0.717) is 17.5 Å². The number of hydrogen-bond donors (Lipinski definition) is 0. The van der Waals surface area contributed by atoms with Crippen LogP contribution in [-0.4, -0.2) is 17.8 Å². The number of benzene rings is 2. The fourth-order valence-corrected chi connectivity index (χ4v) is 3.45. The van der Waals surface area contributed by atoms with Gasteiger partial charge in [0.2, 0.25) is 0 Å². The average molecular weight is 342 g/mol. The number of carbonyl (C=O) groups is 2. The molecule has 0 bridgehead atoms. The molecule has 1 aliphatic carbocycles. The largest absolute Gasteiger partial charge is 0.299 e. The van der Waals surface area contributed by atoms with Crippen LogP contribution in [0.1, 0.15) is 40.7 Å². The first-order valence-electron chi connectivity index (χ1n) is 8.04. The Morgan fingerprint density at radius 3 is 2.58 bits per heavy atom. The first-order chi connectivity index (χ1) is 11.6. The number of halogens is 1. The van der Waals surface area contributed by atoms with Crippen LogP contribution in [-0.2, 0) is 11.2 Å². The van der Waals surface area contributed by atoms with E-state index in [2.05, 4.69) is 0 Å². The van der Waals surface area contributed by atoms with Crippen molar-refractivity contribution in [2.45, 2.75) is 30.6 Å². The molecule has 3 rings (SSSR count). The van der Waals surface area contributed by atoms with Crippen LogP contribution in [0, 0.1) is 11.7 Å². The van der Waals surface area contributed by atoms with Crippen LogP contribution >= 0.6 is 11.8 Å². The van der Waals surface area contributed by atoms with Gasteiger partial charge in [0, 0.05) is 16.4 Å². The molecular formula is C20H19FO2S. The highest BCUT2D eigenvalue weighted by Crippen LogP contribution is 2.32. The van der Waals surface area contributed by atoms with E-state index >= 15 is 0 Å². The number of carbonyl (C=O) groups excluding carboxylic acids is 2. The Morgan fingerprint density at radius 2 is 1.88 bits per heavy atom. The summed E-state index contributed by atoms with van der Waals surface area (Å²) in [5, 5.41) is 0. The minimum atomic E-state index is -0.364. The molecule has 2 aromatic carbocycles. The van der Waals surface area contributed by atoms with Crippen LogP contribution in [0.25, 0.3) is 0 Å². The Hall–Kier alpha value is -1.94. The van der Waals surface area contributed by atoms with Crippen LogP contribution in [0.3, 0.4) is 0 Å². The van der Waals surface area contributed by atoms with Crippen LogP contribution in [0.2, 0.25) is 0 Å². The highest BCUT2D eigenvalue weighted by Gasteiger charge is 2.31. The molecule has 0 aromatic heterocycles. The predicted molar refractivity (Wildman–Crippen MR) is 94.1 cm³/mol. The smallest absolute Gasteiger partial charge is 0.170 e. The van der Waals surface area contributed by atoms with Crippen molar-refractivity contribution < 1.29 is 14.0 Å². The van der Waals surface area contributed by atoms with E-state index in [1.54, 1.807) is 11.8 Å². The van der Waals surface area contributed by atoms with E-state index in [9.17, 15) is 14.0 Å². The van der Waals surface area contributed by atoms with Crippen molar-refractivity contribution in [3.63, 3.8) is 0 Å². The zero-order valence-electron chi connectivity index (χ0n) is 13.5. The van der Waals surface area contributed by atoms with Crippen molar-refractivity contribution in [1.82, 2.24) is 0 Å². The Balaban J connectivity index is 1.87. The summed E-state index contributed by atoms with van der Waals surface area (Å²) in [6.07, 6.45) is 4.18. The van der Waals surface area contributed by atoms with Gasteiger partial charge in [-0.15, -0.1) is 11.8 Å². The van der Waals surface area contributed by atoms with Gasteiger partial charge in [0.15, 0.2) is 5.78 Å². The fourth-order valence-electron chi connectivity index (χ4n) is 2.84. The molecule has 0 N–H and O–H groups in total. The third-order valence-corrected chi connectivity index (χ3v) is 5.15. The zero-order chi connectivity index (χ0) is 17.1. The van der Waals surface area contributed by atoms with Gasteiger partial charge < -0.3 is 0 Å². The molecule has 0 atom stereocenters. The maximum absolute atomic E-state index is 13.7. The molecule has 1 aliphatic rings. The highest BCUT2D eigenvalue weighted by molar-refractivity contribution is 7.98. The number of rotatable bonds is 7. The first kappa shape index (κ1) is 16.9. The number of thioether (sulfide) groups is 1. The zero-order valence-corrected chi connectivity index (χ0v) is 14.4. The van der Waals surface area contributed by atoms with E-state index in [-0.39, 0.29) is 29.7 Å². The van der Waals surface area contributed by atoms with Crippen molar-refractivity contribution in [2.75, 3.05) is 6.26 Å². The first-order valence-corrected chi connectivity index (χ1v) is 9.27. The van der Waals surface area contributed by atoms with Crippen LogP contribution in [0.15, 0.2) is 47.4 Å². The lowest BCUT2D eigenvalue weighted by atomic mass is 9.94. The lowest BCUT2D eigenvalue weighted by molar-refractivity contribution is -0.119. The normalized spacial score (nSPS) is 13.8. The fraction of sp³-hybridized carbons (Fsp3) is 0.300. The summed E-state index contributed by atoms with van der Waals surface area (Å²) in [6.45, 7) is 0. The van der Waals surface area contributed by atoms with Gasteiger partial charge in [-0.25, -0.2) is 4.39 Å². The number of ketones is 2. The molecule has 0 radical (unpaired) electrons. The lowest BCUT2D eigenvalue weighted by Crippen LogP contribution is -2.12. The molecular weight excluding hydrogens is 323 g/mol. The SMILES string of the molecule is CSc1ccccc1Cc1cc(F)ccc1C(=O)CC(=O)C1CC1. The second-order valence-corrected chi connectivity index (χ2v) is 6.98. The van der Waals surface area contributed by atoms with Crippen molar-refractivity contribution in [3.05, 3.63) is 65.0 Å². The summed E-state index contributed by atoms with van der Waals surface area (Å²) in [4.78, 5) is 25.5. The monoisotopic (exact) mass is 342 g/mol. The lowest BCUT2D eigenvalue weighted by Gasteiger charge is -2.11. The molecule has 0 heterocycles. The van der Waals surface area contributed by atoms with Crippen LogP contribution in [0.5, 0.6) is 0 Å². The van der Waals surface area contributed by atoms with Crippen molar-refractivity contribution in [3.8, 4) is 0 Å². The third kappa shape index (κ3) is 3.93. The summed E-state index contributed by atoms with van der Waals surface area (Å²) < 4.78 is 13.7. The molecule has 0 aliphatic heterocycles. The molecule has 0 saturated heterocycles. The van der Waals surface area contributed by atoms with Crippen molar-refractivity contribution >= 4 is 23.3 Å². The van der Waals surface area contributed by atoms with E-state index in [0.717, 1.165) is 23.3 Å². The summed E-state index contributed by atoms with van der Waals surface area (Å²) in [5.74, 6) is -0.491. The summed E-state index contributed by atoms with van der Waals surface area (Å²) >= 11 is 1.62. The number of hydrogen-bond acceptors (Lipinski definition) is 3. The highest BCUT2D eigenvalue weighted by atomic mass is 32.2. The molecule has 1 saturated carbocycles. The van der Waals surface area contributed by atoms with E-state index in [1.807, 2.05) is 30.5 Å². The van der Waals surface area contributed by atoms with Gasteiger partial charge in [-0.2, -0.15) is 0 Å². The molecule has 0 amide bonds. The van der Waals surface area contributed by atoms with Gasteiger partial charge in [0.1, 0.15) is 11.6 Å². The average Bonchev–Trinajstić information content (AvgIpc) is 3.40. The Bertz CT molecular complexity index is 781. The molecule has 124 valence electrons.